The topological polar surface area (TPSA) is 0 Å². The first-order valence-electron chi connectivity index (χ1n) is 3.93. The zero-order valence-corrected chi connectivity index (χ0v) is 9.13. The van der Waals surface area contributed by atoms with Crippen LogP contribution in [0.2, 0.25) is 10.0 Å². The van der Waals surface area contributed by atoms with Gasteiger partial charge in [0.05, 0.1) is 10.6 Å². The smallest absolute Gasteiger partial charge is 0.166 e. The van der Waals surface area contributed by atoms with Gasteiger partial charge in [-0.1, -0.05) is 37.0 Å². The van der Waals surface area contributed by atoms with E-state index in [0.717, 1.165) is 18.2 Å². The molecule has 0 aromatic heterocycles. The summed E-state index contributed by atoms with van der Waals surface area (Å²) in [6, 6.07) is 3.06. The van der Waals surface area contributed by atoms with Crippen molar-refractivity contribution in [3.8, 4) is 0 Å². The highest BCUT2D eigenvalue weighted by Crippen LogP contribution is 2.35. The molecule has 0 aliphatic heterocycles. The summed E-state index contributed by atoms with van der Waals surface area (Å²) in [4.78, 5) is 0. The van der Waals surface area contributed by atoms with E-state index in [1.54, 1.807) is 0 Å². The summed E-state index contributed by atoms with van der Waals surface area (Å²) in [6.45, 7) is 4.00. The Kier molecular flexibility index (Phi) is 5.31. The van der Waals surface area contributed by atoms with Gasteiger partial charge in [0, 0.05) is 5.02 Å². The van der Waals surface area contributed by atoms with Gasteiger partial charge in [-0.3, -0.25) is 0 Å². The lowest BCUT2D eigenvalue weighted by atomic mass is 10.2. The Morgan fingerprint density at radius 2 is 1.57 bits per heavy atom. The monoisotopic (exact) mass is 244 g/mol. The average Bonchev–Trinajstić information content (AvgIpc) is 2.05. The highest BCUT2D eigenvalue weighted by atomic mass is 35.5. The van der Waals surface area contributed by atoms with Gasteiger partial charge in [-0.25, -0.2) is 0 Å². The minimum absolute atomic E-state index is 0.188. The number of hydrogen-bond donors (Lipinski definition) is 0. The van der Waals surface area contributed by atoms with E-state index in [4.69, 9.17) is 23.2 Å². The Morgan fingerprint density at radius 3 is 1.93 bits per heavy atom. The molecule has 0 saturated heterocycles. The van der Waals surface area contributed by atoms with Gasteiger partial charge >= 0.3 is 6.18 Å². The maximum absolute atomic E-state index is 12.1. The van der Waals surface area contributed by atoms with Crippen molar-refractivity contribution in [3.05, 3.63) is 33.8 Å². The lowest BCUT2D eigenvalue weighted by molar-refractivity contribution is -0.137. The summed E-state index contributed by atoms with van der Waals surface area (Å²) in [5, 5.41) is -0.192. The van der Waals surface area contributed by atoms with Gasteiger partial charge in [-0.05, 0) is 18.2 Å². The van der Waals surface area contributed by atoms with Crippen molar-refractivity contribution < 1.29 is 13.2 Å². The van der Waals surface area contributed by atoms with Crippen LogP contribution in [0.25, 0.3) is 0 Å². The molecule has 0 unspecified atom stereocenters. The van der Waals surface area contributed by atoms with E-state index < -0.39 is 11.7 Å². The predicted octanol–water partition coefficient (Wildman–Crippen LogP) is 5.04. The van der Waals surface area contributed by atoms with Crippen LogP contribution in [0.4, 0.5) is 13.2 Å². The summed E-state index contributed by atoms with van der Waals surface area (Å²) in [5.74, 6) is 0. The van der Waals surface area contributed by atoms with Gasteiger partial charge < -0.3 is 0 Å². The number of halogens is 5. The van der Waals surface area contributed by atoms with Gasteiger partial charge in [0.2, 0.25) is 0 Å². The van der Waals surface area contributed by atoms with E-state index in [9.17, 15) is 13.2 Å². The van der Waals surface area contributed by atoms with Crippen LogP contribution in [-0.4, -0.2) is 0 Å². The van der Waals surface area contributed by atoms with Gasteiger partial charge in [0.15, 0.2) is 0 Å². The number of hydrogen-bond acceptors (Lipinski definition) is 0. The van der Waals surface area contributed by atoms with Crippen molar-refractivity contribution in [2.75, 3.05) is 0 Å². The lowest BCUT2D eigenvalue weighted by Gasteiger charge is -2.07. The zero-order valence-electron chi connectivity index (χ0n) is 7.62. The van der Waals surface area contributed by atoms with Crippen molar-refractivity contribution in [1.82, 2.24) is 0 Å². The maximum Gasteiger partial charge on any atom is 0.417 e. The Bertz CT molecular complexity index is 295. The Morgan fingerprint density at radius 1 is 1.07 bits per heavy atom. The van der Waals surface area contributed by atoms with E-state index in [-0.39, 0.29) is 10.0 Å². The molecule has 1 aromatic carbocycles. The minimum atomic E-state index is -4.42. The highest BCUT2D eigenvalue weighted by molar-refractivity contribution is 6.35. The quantitative estimate of drug-likeness (QED) is 0.600. The van der Waals surface area contributed by atoms with Crippen molar-refractivity contribution in [2.45, 2.75) is 20.0 Å². The van der Waals surface area contributed by atoms with Crippen molar-refractivity contribution in [2.24, 2.45) is 0 Å². The van der Waals surface area contributed by atoms with Crippen LogP contribution >= 0.6 is 23.2 Å². The highest BCUT2D eigenvalue weighted by Gasteiger charge is 2.32. The van der Waals surface area contributed by atoms with E-state index in [1.165, 1.54) is 0 Å². The zero-order chi connectivity index (χ0) is 11.4. The largest absolute Gasteiger partial charge is 0.417 e. The summed E-state index contributed by atoms with van der Waals surface area (Å²) >= 11 is 10.7. The molecule has 0 atom stereocenters. The summed E-state index contributed by atoms with van der Waals surface area (Å²) < 4.78 is 36.2. The normalized spacial score (nSPS) is 10.5. The fourth-order valence-corrected chi connectivity index (χ4v) is 1.24. The second-order valence-corrected chi connectivity index (χ2v) is 2.97. The molecule has 0 heterocycles. The van der Waals surface area contributed by atoms with E-state index in [1.807, 2.05) is 13.8 Å². The third kappa shape index (κ3) is 3.76. The second kappa shape index (κ2) is 5.47. The number of alkyl halides is 3. The molecule has 0 saturated carbocycles. The van der Waals surface area contributed by atoms with Crippen molar-refractivity contribution in [1.29, 1.82) is 0 Å². The molecule has 0 amide bonds. The molecule has 0 N–H and O–H groups in total. The first-order chi connectivity index (χ1) is 6.41. The van der Waals surface area contributed by atoms with Gasteiger partial charge in [-0.15, -0.1) is 0 Å². The van der Waals surface area contributed by atoms with Crippen molar-refractivity contribution in [3.63, 3.8) is 0 Å². The number of benzene rings is 1. The molecular formula is C9H9Cl2F3. The van der Waals surface area contributed by atoms with E-state index in [2.05, 4.69) is 0 Å². The van der Waals surface area contributed by atoms with Crippen LogP contribution in [0.15, 0.2) is 18.2 Å². The average molecular weight is 245 g/mol. The van der Waals surface area contributed by atoms with E-state index >= 15 is 0 Å². The number of rotatable bonds is 0. The molecule has 0 radical (unpaired) electrons. The fourth-order valence-electron chi connectivity index (χ4n) is 0.719. The Hall–Kier alpha value is -0.410. The van der Waals surface area contributed by atoms with E-state index in [0.29, 0.717) is 0 Å². The van der Waals surface area contributed by atoms with Crippen molar-refractivity contribution >= 4 is 23.2 Å². The fraction of sp³-hybridized carbons (Fsp3) is 0.333. The molecule has 0 spiro atoms. The van der Waals surface area contributed by atoms with Crippen LogP contribution in [0.1, 0.15) is 19.4 Å². The molecule has 14 heavy (non-hydrogen) atoms. The summed E-state index contributed by atoms with van der Waals surface area (Å²) in [7, 11) is 0. The molecule has 0 bridgehead atoms. The van der Waals surface area contributed by atoms with Crippen LogP contribution in [-0.2, 0) is 6.18 Å². The van der Waals surface area contributed by atoms with Gasteiger partial charge in [0.25, 0.3) is 0 Å². The first-order valence-corrected chi connectivity index (χ1v) is 4.69. The molecular weight excluding hydrogens is 236 g/mol. The SMILES string of the molecule is CC.FC(F)(F)c1ccc(Cl)cc1Cl. The molecule has 0 aliphatic carbocycles. The minimum Gasteiger partial charge on any atom is -0.166 e. The summed E-state index contributed by atoms with van der Waals surface area (Å²) in [5.41, 5.74) is -0.867. The maximum atomic E-state index is 12.1. The second-order valence-electron chi connectivity index (χ2n) is 2.12. The molecule has 1 rings (SSSR count). The van der Waals surface area contributed by atoms with Crippen LogP contribution in [0.5, 0.6) is 0 Å². The molecule has 80 valence electrons. The van der Waals surface area contributed by atoms with Gasteiger partial charge in [-0.2, -0.15) is 13.2 Å². The molecule has 5 heteroatoms. The summed E-state index contributed by atoms with van der Waals surface area (Å²) in [6.07, 6.45) is -4.42. The third-order valence-electron chi connectivity index (χ3n) is 1.24. The standard InChI is InChI=1S/C7H3Cl2F3.C2H6/c8-4-1-2-5(6(9)3-4)7(10,11)12;1-2/h1-3H;1-2H3. The third-order valence-corrected chi connectivity index (χ3v) is 1.78. The molecule has 0 nitrogen and oxygen atoms in total. The first kappa shape index (κ1) is 13.6. The Balaban J connectivity index is 0.000000791. The van der Waals surface area contributed by atoms with Crippen LogP contribution in [0, 0.1) is 0 Å². The lowest BCUT2D eigenvalue weighted by Crippen LogP contribution is -2.05. The van der Waals surface area contributed by atoms with Crippen LogP contribution < -0.4 is 0 Å². The van der Waals surface area contributed by atoms with Gasteiger partial charge in [0.1, 0.15) is 0 Å². The Labute approximate surface area is 90.6 Å². The molecule has 0 fully saturated rings. The predicted molar refractivity (Wildman–Crippen MR) is 52.8 cm³/mol. The van der Waals surface area contributed by atoms with Crippen LogP contribution in [0.3, 0.4) is 0 Å². The molecule has 0 aliphatic rings. The molecule has 1 aromatic rings.